The van der Waals surface area contributed by atoms with E-state index < -0.39 is 11.6 Å². The predicted molar refractivity (Wildman–Crippen MR) is 53.5 cm³/mol. The standard InChI is InChI=1S/C9H17N3O3/c1-3-9(10,4-2)8(14)11-6-5-15-12-7(6)13/h6H,3-5,10H2,1-2H3,(H,11,14)(H,12,13)/t6-/m1/s1. The van der Waals surface area contributed by atoms with E-state index in [2.05, 4.69) is 10.8 Å². The lowest BCUT2D eigenvalue weighted by molar-refractivity contribution is -0.131. The molecule has 0 aliphatic carbocycles. The maximum atomic E-state index is 11.8. The minimum absolute atomic E-state index is 0.147. The third-order valence-corrected chi connectivity index (χ3v) is 2.76. The zero-order chi connectivity index (χ0) is 11.5. The van der Waals surface area contributed by atoms with E-state index in [0.29, 0.717) is 12.8 Å². The van der Waals surface area contributed by atoms with Crippen LogP contribution in [0.2, 0.25) is 0 Å². The van der Waals surface area contributed by atoms with Crippen LogP contribution in [-0.2, 0) is 14.4 Å². The van der Waals surface area contributed by atoms with E-state index in [0.717, 1.165) is 0 Å². The van der Waals surface area contributed by atoms with Crippen molar-refractivity contribution in [2.45, 2.75) is 38.3 Å². The number of hydroxylamine groups is 1. The topological polar surface area (TPSA) is 93.5 Å². The van der Waals surface area contributed by atoms with E-state index in [4.69, 9.17) is 10.6 Å². The first-order valence-corrected chi connectivity index (χ1v) is 5.05. The fraction of sp³-hybridized carbons (Fsp3) is 0.778. The molecule has 1 saturated heterocycles. The molecule has 1 rings (SSSR count). The molecule has 0 aromatic rings. The van der Waals surface area contributed by atoms with Crippen molar-refractivity contribution in [3.05, 3.63) is 0 Å². The molecule has 15 heavy (non-hydrogen) atoms. The quantitative estimate of drug-likeness (QED) is 0.563. The van der Waals surface area contributed by atoms with Gasteiger partial charge >= 0.3 is 0 Å². The summed E-state index contributed by atoms with van der Waals surface area (Å²) in [4.78, 5) is 27.6. The maximum absolute atomic E-state index is 11.8. The Morgan fingerprint density at radius 2 is 2.27 bits per heavy atom. The smallest absolute Gasteiger partial charge is 0.268 e. The van der Waals surface area contributed by atoms with Crippen LogP contribution in [0, 0.1) is 0 Å². The Labute approximate surface area is 88.5 Å². The monoisotopic (exact) mass is 215 g/mol. The van der Waals surface area contributed by atoms with Crippen molar-refractivity contribution < 1.29 is 14.4 Å². The number of nitrogens with two attached hydrogens (primary N) is 1. The Morgan fingerprint density at radius 3 is 2.67 bits per heavy atom. The highest BCUT2D eigenvalue weighted by molar-refractivity contribution is 5.92. The molecular formula is C9H17N3O3. The van der Waals surface area contributed by atoms with Crippen molar-refractivity contribution in [2.24, 2.45) is 5.73 Å². The molecule has 1 atom stereocenters. The van der Waals surface area contributed by atoms with Crippen molar-refractivity contribution in [1.29, 1.82) is 0 Å². The van der Waals surface area contributed by atoms with Crippen LogP contribution in [-0.4, -0.2) is 30.0 Å². The third-order valence-electron chi connectivity index (χ3n) is 2.76. The Morgan fingerprint density at radius 1 is 1.67 bits per heavy atom. The van der Waals surface area contributed by atoms with Gasteiger partial charge in [0.15, 0.2) is 0 Å². The normalized spacial score (nSPS) is 21.3. The molecule has 0 aromatic heterocycles. The van der Waals surface area contributed by atoms with Gasteiger partial charge in [-0.1, -0.05) is 13.8 Å². The van der Waals surface area contributed by atoms with E-state index in [1.54, 1.807) is 0 Å². The number of carbonyl (C=O) groups is 2. The van der Waals surface area contributed by atoms with Crippen LogP contribution in [0.25, 0.3) is 0 Å². The van der Waals surface area contributed by atoms with Gasteiger partial charge in [0, 0.05) is 0 Å². The first-order valence-electron chi connectivity index (χ1n) is 5.05. The van der Waals surface area contributed by atoms with Gasteiger partial charge in [-0.15, -0.1) is 0 Å². The lowest BCUT2D eigenvalue weighted by Gasteiger charge is -2.26. The zero-order valence-corrected chi connectivity index (χ0v) is 9.00. The zero-order valence-electron chi connectivity index (χ0n) is 9.00. The number of nitrogens with one attached hydrogen (secondary N) is 2. The molecule has 6 heteroatoms. The summed E-state index contributed by atoms with van der Waals surface area (Å²) in [5.41, 5.74) is 7.15. The van der Waals surface area contributed by atoms with Gasteiger partial charge in [-0.05, 0) is 12.8 Å². The summed E-state index contributed by atoms with van der Waals surface area (Å²) in [5, 5.41) is 2.57. The van der Waals surface area contributed by atoms with Crippen LogP contribution in [0.3, 0.4) is 0 Å². The Kier molecular flexibility index (Phi) is 3.65. The van der Waals surface area contributed by atoms with Gasteiger partial charge in [0.2, 0.25) is 5.91 Å². The molecule has 0 bridgehead atoms. The van der Waals surface area contributed by atoms with Crippen LogP contribution < -0.4 is 16.5 Å². The molecule has 0 saturated carbocycles. The molecule has 0 radical (unpaired) electrons. The summed E-state index contributed by atoms with van der Waals surface area (Å²) in [7, 11) is 0. The van der Waals surface area contributed by atoms with Crippen LogP contribution in [0.15, 0.2) is 0 Å². The molecule has 0 aromatic carbocycles. The lowest BCUT2D eigenvalue weighted by atomic mass is 9.93. The average Bonchev–Trinajstić information content (AvgIpc) is 2.63. The highest BCUT2D eigenvalue weighted by Crippen LogP contribution is 2.11. The number of rotatable bonds is 4. The average molecular weight is 215 g/mol. The number of carbonyl (C=O) groups excluding carboxylic acids is 2. The largest absolute Gasteiger partial charge is 0.341 e. The highest BCUT2D eigenvalue weighted by atomic mass is 16.7. The minimum Gasteiger partial charge on any atom is -0.341 e. The van der Waals surface area contributed by atoms with Gasteiger partial charge in [0.05, 0.1) is 5.54 Å². The van der Waals surface area contributed by atoms with Gasteiger partial charge in [0.1, 0.15) is 12.6 Å². The summed E-state index contributed by atoms with van der Waals surface area (Å²) >= 11 is 0. The molecule has 1 aliphatic heterocycles. The van der Waals surface area contributed by atoms with E-state index in [1.807, 2.05) is 13.8 Å². The van der Waals surface area contributed by atoms with Crippen LogP contribution in [0.5, 0.6) is 0 Å². The molecule has 0 spiro atoms. The molecule has 4 N–H and O–H groups in total. The van der Waals surface area contributed by atoms with Crippen molar-refractivity contribution in [3.8, 4) is 0 Å². The third kappa shape index (κ3) is 2.45. The Bertz CT molecular complexity index is 263. The fourth-order valence-corrected chi connectivity index (χ4v) is 1.32. The van der Waals surface area contributed by atoms with Crippen LogP contribution in [0.1, 0.15) is 26.7 Å². The molecule has 2 amide bonds. The van der Waals surface area contributed by atoms with Crippen molar-refractivity contribution >= 4 is 11.8 Å². The molecule has 86 valence electrons. The van der Waals surface area contributed by atoms with Gasteiger partial charge < -0.3 is 11.1 Å². The van der Waals surface area contributed by atoms with E-state index in [-0.39, 0.29) is 18.4 Å². The second-order valence-corrected chi connectivity index (χ2v) is 3.67. The Balaban J connectivity index is 2.58. The van der Waals surface area contributed by atoms with Gasteiger partial charge in [-0.2, -0.15) is 0 Å². The minimum atomic E-state index is -0.900. The van der Waals surface area contributed by atoms with Crippen molar-refractivity contribution in [2.75, 3.05) is 6.61 Å². The van der Waals surface area contributed by atoms with Gasteiger partial charge in [-0.3, -0.25) is 14.4 Å². The van der Waals surface area contributed by atoms with Crippen LogP contribution >= 0.6 is 0 Å². The summed E-state index contributed by atoms with van der Waals surface area (Å²) in [6, 6.07) is -0.626. The summed E-state index contributed by atoms with van der Waals surface area (Å²) < 4.78 is 0. The first-order chi connectivity index (χ1) is 7.03. The van der Waals surface area contributed by atoms with Crippen molar-refractivity contribution in [1.82, 2.24) is 10.8 Å². The fourth-order valence-electron chi connectivity index (χ4n) is 1.32. The second kappa shape index (κ2) is 4.59. The Hall–Kier alpha value is -1.14. The molecule has 6 nitrogen and oxygen atoms in total. The van der Waals surface area contributed by atoms with Gasteiger partial charge in [0.25, 0.3) is 5.91 Å². The maximum Gasteiger partial charge on any atom is 0.268 e. The summed E-state index contributed by atoms with van der Waals surface area (Å²) in [6.07, 6.45) is 1.06. The molecule has 1 heterocycles. The van der Waals surface area contributed by atoms with E-state index in [1.165, 1.54) is 0 Å². The van der Waals surface area contributed by atoms with Crippen LogP contribution in [0.4, 0.5) is 0 Å². The molecule has 0 unspecified atom stereocenters. The first kappa shape index (κ1) is 11.9. The van der Waals surface area contributed by atoms with E-state index in [9.17, 15) is 9.59 Å². The summed E-state index contributed by atoms with van der Waals surface area (Å²) in [6.45, 7) is 3.83. The molecule has 1 aliphatic rings. The van der Waals surface area contributed by atoms with Gasteiger partial charge in [-0.25, -0.2) is 5.48 Å². The second-order valence-electron chi connectivity index (χ2n) is 3.67. The molecular weight excluding hydrogens is 198 g/mol. The predicted octanol–water partition coefficient (Wildman–Crippen LogP) is -0.950. The SMILES string of the molecule is CCC(N)(CC)C(=O)N[C@@H]1CONC1=O. The molecule has 1 fully saturated rings. The lowest BCUT2D eigenvalue weighted by Crippen LogP contribution is -2.57. The summed E-state index contributed by atoms with van der Waals surface area (Å²) in [5.74, 6) is -0.643. The number of hydrogen-bond donors (Lipinski definition) is 3. The highest BCUT2D eigenvalue weighted by Gasteiger charge is 2.35. The number of amides is 2. The van der Waals surface area contributed by atoms with Crippen molar-refractivity contribution in [3.63, 3.8) is 0 Å². The van der Waals surface area contributed by atoms with E-state index >= 15 is 0 Å². The number of hydrogen-bond acceptors (Lipinski definition) is 4.